The van der Waals surface area contributed by atoms with Crippen molar-refractivity contribution in [3.63, 3.8) is 0 Å². The standard InChI is InChI=1S/C21H12N2O/c1-2-7-14-13(6-1)12-22-21-19(14)15-8-5-11-18-20(15)23(21)16-9-3-4-10-17(16)24-18/h1-12H. The summed E-state index contributed by atoms with van der Waals surface area (Å²) >= 11 is 0. The highest BCUT2D eigenvalue weighted by Crippen LogP contribution is 2.45. The van der Waals surface area contributed by atoms with E-state index in [1.165, 1.54) is 16.2 Å². The smallest absolute Gasteiger partial charge is 0.152 e. The van der Waals surface area contributed by atoms with E-state index in [1.807, 2.05) is 30.5 Å². The van der Waals surface area contributed by atoms with Gasteiger partial charge in [-0.3, -0.25) is 4.57 Å². The quantitative estimate of drug-likeness (QED) is 0.374. The lowest BCUT2D eigenvalue weighted by molar-refractivity contribution is 0.476. The van der Waals surface area contributed by atoms with Crippen LogP contribution in [-0.4, -0.2) is 9.55 Å². The molecule has 3 heteroatoms. The minimum absolute atomic E-state index is 0.866. The highest BCUT2D eigenvalue weighted by atomic mass is 16.5. The van der Waals surface area contributed by atoms with Crippen LogP contribution < -0.4 is 4.74 Å². The number of aromatic nitrogens is 2. The zero-order chi connectivity index (χ0) is 15.7. The number of rotatable bonds is 0. The zero-order valence-electron chi connectivity index (χ0n) is 12.7. The number of hydrogen-bond donors (Lipinski definition) is 0. The molecule has 1 aliphatic heterocycles. The van der Waals surface area contributed by atoms with Crippen LogP contribution in [0.5, 0.6) is 11.5 Å². The maximum absolute atomic E-state index is 6.14. The molecule has 1 aliphatic rings. The SMILES string of the molecule is c1ccc2c(c1)Oc1cccc3c4c5ccccc5cnc4n-2c13. The van der Waals surface area contributed by atoms with Gasteiger partial charge in [0.15, 0.2) is 11.5 Å². The number of pyridine rings is 1. The molecule has 24 heavy (non-hydrogen) atoms. The Morgan fingerprint density at radius 3 is 2.54 bits per heavy atom. The molecule has 0 fully saturated rings. The Bertz CT molecular complexity index is 1280. The summed E-state index contributed by atoms with van der Waals surface area (Å²) in [5.41, 5.74) is 3.11. The fourth-order valence-electron chi connectivity index (χ4n) is 3.81. The average Bonchev–Trinajstić information content (AvgIpc) is 2.99. The van der Waals surface area contributed by atoms with E-state index in [0.717, 1.165) is 33.7 Å². The molecule has 0 saturated carbocycles. The van der Waals surface area contributed by atoms with Gasteiger partial charge in [0, 0.05) is 22.4 Å². The van der Waals surface area contributed by atoms with E-state index < -0.39 is 0 Å². The number of benzene rings is 3. The molecule has 0 N–H and O–H groups in total. The molecule has 0 aliphatic carbocycles. The molecule has 0 unspecified atom stereocenters. The first-order chi connectivity index (χ1) is 11.9. The number of hydrogen-bond acceptors (Lipinski definition) is 2. The Hall–Kier alpha value is -3.33. The fourth-order valence-corrected chi connectivity index (χ4v) is 3.81. The second kappa shape index (κ2) is 4.15. The van der Waals surface area contributed by atoms with Crippen LogP contribution >= 0.6 is 0 Å². The van der Waals surface area contributed by atoms with Gasteiger partial charge in [-0.15, -0.1) is 0 Å². The molecule has 0 radical (unpaired) electrons. The predicted molar refractivity (Wildman–Crippen MR) is 96.2 cm³/mol. The second-order valence-corrected chi connectivity index (χ2v) is 6.10. The molecule has 0 saturated heterocycles. The Morgan fingerprint density at radius 2 is 1.54 bits per heavy atom. The van der Waals surface area contributed by atoms with Crippen molar-refractivity contribution in [1.29, 1.82) is 0 Å². The molecular formula is C21H12N2O. The van der Waals surface area contributed by atoms with Gasteiger partial charge in [-0.2, -0.15) is 0 Å². The molecule has 0 atom stereocenters. The number of fused-ring (bicyclic) bond motifs is 7. The molecule has 3 aromatic carbocycles. The fraction of sp³-hybridized carbons (Fsp3) is 0. The van der Waals surface area contributed by atoms with Crippen LogP contribution in [-0.2, 0) is 0 Å². The molecule has 0 bridgehead atoms. The third kappa shape index (κ3) is 1.35. The maximum Gasteiger partial charge on any atom is 0.152 e. The van der Waals surface area contributed by atoms with E-state index in [9.17, 15) is 0 Å². The average molecular weight is 308 g/mol. The largest absolute Gasteiger partial charge is 0.453 e. The van der Waals surface area contributed by atoms with E-state index in [1.54, 1.807) is 0 Å². The number of para-hydroxylation sites is 3. The van der Waals surface area contributed by atoms with Crippen LogP contribution in [0.25, 0.3) is 38.4 Å². The Labute approximate surface area is 137 Å². The lowest BCUT2D eigenvalue weighted by Gasteiger charge is -2.20. The summed E-state index contributed by atoms with van der Waals surface area (Å²) in [7, 11) is 0. The Balaban J connectivity index is 1.96. The normalized spacial score (nSPS) is 12.5. The molecule has 0 amide bonds. The highest BCUT2D eigenvalue weighted by Gasteiger charge is 2.24. The minimum Gasteiger partial charge on any atom is -0.453 e. The lowest BCUT2D eigenvalue weighted by Crippen LogP contribution is -2.04. The predicted octanol–water partition coefficient (Wildman–Crippen LogP) is 5.44. The van der Waals surface area contributed by atoms with Gasteiger partial charge >= 0.3 is 0 Å². The second-order valence-electron chi connectivity index (χ2n) is 6.10. The van der Waals surface area contributed by atoms with Crippen LogP contribution in [0.1, 0.15) is 0 Å². The number of nitrogens with zero attached hydrogens (tertiary/aromatic N) is 2. The summed E-state index contributed by atoms with van der Waals surface area (Å²) in [5, 5.41) is 4.75. The molecular weight excluding hydrogens is 296 g/mol. The van der Waals surface area contributed by atoms with E-state index in [-0.39, 0.29) is 0 Å². The molecule has 3 nitrogen and oxygen atoms in total. The summed E-state index contributed by atoms with van der Waals surface area (Å²) in [6, 6.07) is 22.8. The first kappa shape index (κ1) is 12.1. The van der Waals surface area contributed by atoms with Crippen LogP contribution in [0.4, 0.5) is 0 Å². The number of ether oxygens (including phenoxy) is 1. The van der Waals surface area contributed by atoms with Crippen molar-refractivity contribution < 1.29 is 4.74 Å². The van der Waals surface area contributed by atoms with E-state index in [4.69, 9.17) is 9.72 Å². The molecule has 5 aromatic rings. The zero-order valence-corrected chi connectivity index (χ0v) is 12.7. The molecule has 2 aromatic heterocycles. The van der Waals surface area contributed by atoms with Crippen molar-refractivity contribution in [2.24, 2.45) is 0 Å². The molecule has 3 heterocycles. The topological polar surface area (TPSA) is 27.1 Å². The van der Waals surface area contributed by atoms with E-state index >= 15 is 0 Å². The van der Waals surface area contributed by atoms with Gasteiger partial charge < -0.3 is 4.74 Å². The Kier molecular flexibility index (Phi) is 2.10. The van der Waals surface area contributed by atoms with Crippen LogP contribution in [0.2, 0.25) is 0 Å². The monoisotopic (exact) mass is 308 g/mol. The van der Waals surface area contributed by atoms with Crippen LogP contribution in [0.15, 0.2) is 72.9 Å². The van der Waals surface area contributed by atoms with Crippen molar-refractivity contribution in [3.05, 3.63) is 72.9 Å². The maximum atomic E-state index is 6.14. The van der Waals surface area contributed by atoms with Gasteiger partial charge in [-0.25, -0.2) is 4.98 Å². The summed E-state index contributed by atoms with van der Waals surface area (Å²) < 4.78 is 8.37. The van der Waals surface area contributed by atoms with Gasteiger partial charge in [0.25, 0.3) is 0 Å². The third-order valence-corrected chi connectivity index (χ3v) is 4.81. The highest BCUT2D eigenvalue weighted by molar-refractivity contribution is 6.21. The first-order valence-electron chi connectivity index (χ1n) is 8.00. The van der Waals surface area contributed by atoms with Crippen molar-refractivity contribution in [2.45, 2.75) is 0 Å². The van der Waals surface area contributed by atoms with Crippen molar-refractivity contribution in [2.75, 3.05) is 0 Å². The summed E-state index contributed by atoms with van der Waals surface area (Å²) in [6.45, 7) is 0. The third-order valence-electron chi connectivity index (χ3n) is 4.81. The van der Waals surface area contributed by atoms with Gasteiger partial charge in [0.05, 0.1) is 11.2 Å². The summed E-state index contributed by atoms with van der Waals surface area (Å²) in [4.78, 5) is 4.80. The summed E-state index contributed by atoms with van der Waals surface area (Å²) in [6.07, 6.45) is 1.96. The lowest BCUT2D eigenvalue weighted by atomic mass is 10.1. The van der Waals surface area contributed by atoms with E-state index in [2.05, 4.69) is 47.0 Å². The van der Waals surface area contributed by atoms with E-state index in [0.29, 0.717) is 0 Å². The van der Waals surface area contributed by atoms with Gasteiger partial charge in [-0.05, 0) is 23.6 Å². The van der Waals surface area contributed by atoms with Crippen molar-refractivity contribution in [3.8, 4) is 17.2 Å². The summed E-state index contributed by atoms with van der Waals surface area (Å²) in [5.74, 6) is 1.75. The first-order valence-corrected chi connectivity index (χ1v) is 8.00. The van der Waals surface area contributed by atoms with Crippen LogP contribution in [0.3, 0.4) is 0 Å². The minimum atomic E-state index is 0.866. The van der Waals surface area contributed by atoms with Gasteiger partial charge in [0.2, 0.25) is 0 Å². The van der Waals surface area contributed by atoms with Crippen molar-refractivity contribution >= 4 is 32.7 Å². The van der Waals surface area contributed by atoms with Crippen molar-refractivity contribution in [1.82, 2.24) is 9.55 Å². The van der Waals surface area contributed by atoms with Gasteiger partial charge in [0.1, 0.15) is 5.65 Å². The molecule has 0 spiro atoms. The molecule has 112 valence electrons. The molecule has 6 rings (SSSR count). The Morgan fingerprint density at radius 1 is 0.750 bits per heavy atom. The van der Waals surface area contributed by atoms with Crippen LogP contribution in [0, 0.1) is 0 Å². The van der Waals surface area contributed by atoms with Gasteiger partial charge in [-0.1, -0.05) is 48.5 Å².